The number of fused-ring (bicyclic) bond motifs is 1. The molecule has 28 heavy (non-hydrogen) atoms. The van der Waals surface area contributed by atoms with Crippen LogP contribution in [0.5, 0.6) is 23.0 Å². The average molecular weight is 386 g/mol. The molecule has 0 aliphatic rings. The quantitative estimate of drug-likeness (QED) is 0.298. The highest BCUT2D eigenvalue weighted by Gasteiger charge is 2.15. The monoisotopic (exact) mass is 386 g/mol. The summed E-state index contributed by atoms with van der Waals surface area (Å²) in [6.07, 6.45) is 3.45. The number of halogens is 1. The van der Waals surface area contributed by atoms with Gasteiger partial charge in [0.25, 0.3) is 5.69 Å². The number of nitro benzene ring substituents is 1. The molecule has 7 nitrogen and oxygen atoms in total. The third kappa shape index (κ3) is 4.11. The number of nitro groups is 1. The Balaban J connectivity index is 1.97. The lowest BCUT2D eigenvalue weighted by molar-refractivity contribution is -0.385. The van der Waals surface area contributed by atoms with Crippen LogP contribution in [0.15, 0.2) is 42.6 Å². The van der Waals surface area contributed by atoms with Gasteiger partial charge in [-0.15, -0.1) is 0 Å². The summed E-state index contributed by atoms with van der Waals surface area (Å²) in [4.78, 5) is 14.4. The fourth-order valence-corrected chi connectivity index (χ4v) is 2.62. The zero-order valence-electron chi connectivity index (χ0n) is 15.5. The van der Waals surface area contributed by atoms with Crippen molar-refractivity contribution >= 4 is 16.6 Å². The molecule has 0 saturated carbocycles. The van der Waals surface area contributed by atoms with Gasteiger partial charge in [-0.3, -0.25) is 15.1 Å². The Kier molecular flexibility index (Phi) is 5.88. The lowest BCUT2D eigenvalue weighted by Crippen LogP contribution is -1.99. The molecule has 0 aliphatic heterocycles. The van der Waals surface area contributed by atoms with Crippen LogP contribution < -0.4 is 14.2 Å². The van der Waals surface area contributed by atoms with Crippen molar-refractivity contribution in [3.63, 3.8) is 0 Å². The maximum Gasteiger partial charge on any atom is 0.272 e. The van der Waals surface area contributed by atoms with E-state index in [9.17, 15) is 14.5 Å². The Morgan fingerprint density at radius 1 is 1.11 bits per heavy atom. The van der Waals surface area contributed by atoms with Gasteiger partial charge in [0.15, 0.2) is 23.1 Å². The van der Waals surface area contributed by atoms with Crippen LogP contribution in [0.4, 0.5) is 10.1 Å². The summed E-state index contributed by atoms with van der Waals surface area (Å²) in [5, 5.41) is 11.4. The fraction of sp³-hybridized carbons (Fsp3) is 0.250. The van der Waals surface area contributed by atoms with Crippen LogP contribution in [0.3, 0.4) is 0 Å². The summed E-state index contributed by atoms with van der Waals surface area (Å²) in [5.41, 5.74) is 0.243. The number of nitrogens with zero attached hydrogens (tertiary/aromatic N) is 2. The molecule has 1 heterocycles. The molecule has 3 aromatic rings. The lowest BCUT2D eigenvalue weighted by Gasteiger charge is -2.14. The molecule has 0 N–H and O–H groups in total. The van der Waals surface area contributed by atoms with Crippen molar-refractivity contribution in [1.82, 2.24) is 4.98 Å². The third-order valence-electron chi connectivity index (χ3n) is 4.09. The number of benzene rings is 2. The van der Waals surface area contributed by atoms with Gasteiger partial charge in [0.2, 0.25) is 0 Å². The number of aromatic nitrogens is 1. The number of rotatable bonds is 8. The van der Waals surface area contributed by atoms with Crippen LogP contribution in [0.1, 0.15) is 19.8 Å². The predicted octanol–water partition coefficient (Wildman–Crippen LogP) is 5.26. The minimum Gasteiger partial charge on any atom is -0.493 e. The number of non-ortho nitro benzene ring substituents is 1. The third-order valence-corrected chi connectivity index (χ3v) is 4.09. The number of hydrogen-bond acceptors (Lipinski definition) is 6. The van der Waals surface area contributed by atoms with Gasteiger partial charge in [-0.25, -0.2) is 4.39 Å². The minimum atomic E-state index is -0.828. The second-order valence-corrected chi connectivity index (χ2v) is 6.01. The molecule has 0 fully saturated rings. The van der Waals surface area contributed by atoms with Crippen LogP contribution in [0, 0.1) is 15.9 Å². The summed E-state index contributed by atoms with van der Waals surface area (Å²) in [5.74, 6) is 0.461. The normalized spacial score (nSPS) is 10.7. The summed E-state index contributed by atoms with van der Waals surface area (Å²) in [6.45, 7) is 2.63. The van der Waals surface area contributed by atoms with E-state index in [0.29, 0.717) is 34.8 Å². The molecule has 1 aromatic heterocycles. The van der Waals surface area contributed by atoms with Gasteiger partial charge < -0.3 is 14.2 Å². The van der Waals surface area contributed by atoms with Crippen LogP contribution >= 0.6 is 0 Å². The zero-order valence-corrected chi connectivity index (χ0v) is 15.5. The fourth-order valence-electron chi connectivity index (χ4n) is 2.62. The Labute approximate surface area is 160 Å². The van der Waals surface area contributed by atoms with E-state index in [4.69, 9.17) is 14.2 Å². The number of methoxy groups -OCH3 is 1. The topological polar surface area (TPSA) is 83.7 Å². The van der Waals surface area contributed by atoms with Crippen LogP contribution in [-0.2, 0) is 0 Å². The molecule has 0 atom stereocenters. The van der Waals surface area contributed by atoms with E-state index in [0.717, 1.165) is 18.9 Å². The molecule has 0 bridgehead atoms. The van der Waals surface area contributed by atoms with E-state index in [1.807, 2.05) is 0 Å². The molecule has 0 amide bonds. The highest BCUT2D eigenvalue weighted by atomic mass is 19.1. The van der Waals surface area contributed by atoms with E-state index >= 15 is 0 Å². The number of pyridine rings is 1. The largest absolute Gasteiger partial charge is 0.493 e. The second kappa shape index (κ2) is 8.51. The number of ether oxygens (including phenoxy) is 3. The van der Waals surface area contributed by atoms with E-state index < -0.39 is 10.7 Å². The van der Waals surface area contributed by atoms with Gasteiger partial charge in [-0.2, -0.15) is 0 Å². The minimum absolute atomic E-state index is 0.125. The summed E-state index contributed by atoms with van der Waals surface area (Å²) in [7, 11) is 1.53. The predicted molar refractivity (Wildman–Crippen MR) is 102 cm³/mol. The lowest BCUT2D eigenvalue weighted by atomic mass is 10.1. The Morgan fingerprint density at radius 3 is 2.61 bits per heavy atom. The van der Waals surface area contributed by atoms with Crippen molar-refractivity contribution < 1.29 is 23.5 Å². The molecule has 0 unspecified atom stereocenters. The molecule has 8 heteroatoms. The van der Waals surface area contributed by atoms with Crippen molar-refractivity contribution in [3.05, 3.63) is 58.5 Å². The van der Waals surface area contributed by atoms with Gasteiger partial charge in [-0.1, -0.05) is 13.3 Å². The van der Waals surface area contributed by atoms with Gasteiger partial charge in [0.05, 0.1) is 30.2 Å². The van der Waals surface area contributed by atoms with Crippen molar-refractivity contribution in [3.8, 4) is 23.0 Å². The highest BCUT2D eigenvalue weighted by molar-refractivity contribution is 5.88. The molecule has 146 valence electrons. The first kappa shape index (κ1) is 19.3. The summed E-state index contributed by atoms with van der Waals surface area (Å²) < 4.78 is 31.0. The van der Waals surface area contributed by atoms with E-state index in [1.54, 1.807) is 18.2 Å². The molecule has 2 aromatic carbocycles. The Bertz CT molecular complexity index is 1010. The Morgan fingerprint density at radius 2 is 1.93 bits per heavy atom. The molecule has 0 spiro atoms. The van der Waals surface area contributed by atoms with Crippen molar-refractivity contribution in [2.24, 2.45) is 0 Å². The molecule has 0 saturated heterocycles. The molecule has 0 aliphatic carbocycles. The van der Waals surface area contributed by atoms with E-state index in [2.05, 4.69) is 11.9 Å². The SMILES string of the molecule is CCCCOc1cc2nccc(Oc3ccc([N+](=O)[O-])cc3F)c2cc1OC. The van der Waals surface area contributed by atoms with Crippen LogP contribution in [0.2, 0.25) is 0 Å². The first-order valence-corrected chi connectivity index (χ1v) is 8.74. The first-order chi connectivity index (χ1) is 13.5. The van der Waals surface area contributed by atoms with Crippen molar-refractivity contribution in [1.29, 1.82) is 0 Å². The second-order valence-electron chi connectivity index (χ2n) is 6.01. The molecular weight excluding hydrogens is 367 g/mol. The molecular formula is C20H19FN2O5. The highest BCUT2D eigenvalue weighted by Crippen LogP contribution is 2.37. The van der Waals surface area contributed by atoms with Gasteiger partial charge in [0.1, 0.15) is 5.75 Å². The van der Waals surface area contributed by atoms with Crippen LogP contribution in [-0.4, -0.2) is 23.6 Å². The van der Waals surface area contributed by atoms with Gasteiger partial charge in [0, 0.05) is 23.7 Å². The maximum atomic E-state index is 14.2. The van der Waals surface area contributed by atoms with E-state index in [1.165, 1.54) is 25.4 Å². The molecule has 3 rings (SSSR count). The van der Waals surface area contributed by atoms with Gasteiger partial charge in [-0.05, 0) is 24.6 Å². The molecule has 0 radical (unpaired) electrons. The smallest absolute Gasteiger partial charge is 0.272 e. The maximum absolute atomic E-state index is 14.2. The Hall–Kier alpha value is -3.42. The van der Waals surface area contributed by atoms with Crippen molar-refractivity contribution in [2.45, 2.75) is 19.8 Å². The number of hydrogen-bond donors (Lipinski definition) is 0. The number of unbranched alkanes of at least 4 members (excludes halogenated alkanes) is 1. The van der Waals surface area contributed by atoms with Gasteiger partial charge >= 0.3 is 0 Å². The standard InChI is InChI=1S/C20H19FN2O5/c1-3-4-9-27-20-12-16-14(11-19(20)26-2)17(7-8-22-16)28-18-6-5-13(23(24)25)10-15(18)21/h5-8,10-12H,3-4,9H2,1-2H3. The average Bonchev–Trinajstić information content (AvgIpc) is 2.69. The summed E-state index contributed by atoms with van der Waals surface area (Å²) >= 11 is 0. The van der Waals surface area contributed by atoms with Crippen molar-refractivity contribution in [2.75, 3.05) is 13.7 Å². The first-order valence-electron chi connectivity index (χ1n) is 8.74. The summed E-state index contributed by atoms with van der Waals surface area (Å²) in [6, 6.07) is 8.26. The van der Waals surface area contributed by atoms with Crippen LogP contribution in [0.25, 0.3) is 10.9 Å². The van der Waals surface area contributed by atoms with E-state index in [-0.39, 0.29) is 11.4 Å². The zero-order chi connectivity index (χ0) is 20.1.